The van der Waals surface area contributed by atoms with E-state index in [-0.39, 0.29) is 24.1 Å². The molecule has 2 rings (SSSR count). The molecule has 1 heterocycles. The Hall–Kier alpha value is -2.21. The van der Waals surface area contributed by atoms with Gasteiger partial charge in [0.15, 0.2) is 5.69 Å². The van der Waals surface area contributed by atoms with Crippen LogP contribution in [0.4, 0.5) is 0 Å². The molecule has 2 aromatic rings. The first-order chi connectivity index (χ1) is 11.4. The molecule has 128 valence electrons. The minimum Gasteiger partial charge on any atom is -0.476 e. The van der Waals surface area contributed by atoms with Crippen LogP contribution in [0.5, 0.6) is 0 Å². The molecule has 1 amide bonds. The minimum absolute atomic E-state index is 0.0165. The van der Waals surface area contributed by atoms with E-state index in [9.17, 15) is 9.59 Å². The molecular formula is C18H22N2O3S. The van der Waals surface area contributed by atoms with Crippen molar-refractivity contribution in [1.29, 1.82) is 0 Å². The molecule has 0 aliphatic heterocycles. The van der Waals surface area contributed by atoms with Crippen molar-refractivity contribution in [3.05, 3.63) is 51.5 Å². The Morgan fingerprint density at radius 2 is 1.79 bits per heavy atom. The number of rotatable bonds is 7. The number of aromatic nitrogens is 1. The van der Waals surface area contributed by atoms with Crippen LogP contribution in [-0.2, 0) is 11.3 Å². The number of nitrogens with zero attached hydrogens (tertiary/aromatic N) is 1. The lowest BCUT2D eigenvalue weighted by Crippen LogP contribution is -2.24. The largest absolute Gasteiger partial charge is 0.476 e. The maximum atomic E-state index is 12.1. The molecule has 5 nitrogen and oxygen atoms in total. The molecule has 0 saturated carbocycles. The second-order valence-electron chi connectivity index (χ2n) is 6.13. The van der Waals surface area contributed by atoms with Crippen molar-refractivity contribution in [2.45, 2.75) is 45.6 Å². The Kier molecular flexibility index (Phi) is 6.09. The highest BCUT2D eigenvalue weighted by Crippen LogP contribution is 2.22. The molecule has 1 unspecified atom stereocenters. The van der Waals surface area contributed by atoms with Crippen LogP contribution in [-0.4, -0.2) is 22.0 Å². The van der Waals surface area contributed by atoms with Gasteiger partial charge in [0.2, 0.25) is 5.91 Å². The highest BCUT2D eigenvalue weighted by molar-refractivity contribution is 7.09. The summed E-state index contributed by atoms with van der Waals surface area (Å²) in [7, 11) is 0. The Morgan fingerprint density at radius 1 is 1.17 bits per heavy atom. The lowest BCUT2D eigenvalue weighted by molar-refractivity contribution is -0.121. The van der Waals surface area contributed by atoms with Gasteiger partial charge in [-0.1, -0.05) is 45.0 Å². The standard InChI is InChI=1S/C18H22N2O3S/c1-11(2)13-4-6-14(7-5-13)12(3)8-16(21)19-9-17-20-15(10-24-17)18(22)23/h4-7,10-12H,8-9H2,1-3H3,(H,19,21)(H,22,23). The number of carbonyl (C=O) groups is 2. The zero-order valence-corrected chi connectivity index (χ0v) is 14.9. The summed E-state index contributed by atoms with van der Waals surface area (Å²) >= 11 is 1.23. The lowest BCUT2D eigenvalue weighted by Gasteiger charge is -2.13. The summed E-state index contributed by atoms with van der Waals surface area (Å²) in [6.45, 7) is 6.59. The summed E-state index contributed by atoms with van der Waals surface area (Å²) in [5.41, 5.74) is 2.44. The van der Waals surface area contributed by atoms with Gasteiger partial charge in [0, 0.05) is 11.8 Å². The van der Waals surface area contributed by atoms with Crippen LogP contribution in [0.3, 0.4) is 0 Å². The number of hydrogen-bond acceptors (Lipinski definition) is 4. The molecule has 0 aliphatic carbocycles. The molecule has 0 fully saturated rings. The topological polar surface area (TPSA) is 79.3 Å². The SMILES string of the molecule is CC(C)c1ccc(C(C)CC(=O)NCc2nc(C(=O)O)cs2)cc1. The third-order valence-corrected chi connectivity index (χ3v) is 4.72. The second-order valence-corrected chi connectivity index (χ2v) is 7.08. The highest BCUT2D eigenvalue weighted by Gasteiger charge is 2.13. The van der Waals surface area contributed by atoms with Crippen LogP contribution >= 0.6 is 11.3 Å². The molecule has 1 atom stereocenters. The van der Waals surface area contributed by atoms with Crippen molar-refractivity contribution in [2.24, 2.45) is 0 Å². The summed E-state index contributed by atoms with van der Waals surface area (Å²) in [5, 5.41) is 13.7. The fraction of sp³-hybridized carbons (Fsp3) is 0.389. The van der Waals surface area contributed by atoms with Gasteiger partial charge in [-0.3, -0.25) is 4.79 Å². The van der Waals surface area contributed by atoms with Crippen LogP contribution in [0.2, 0.25) is 0 Å². The van der Waals surface area contributed by atoms with Gasteiger partial charge in [-0.05, 0) is 23.0 Å². The van der Waals surface area contributed by atoms with E-state index >= 15 is 0 Å². The number of hydrogen-bond donors (Lipinski definition) is 2. The Labute approximate surface area is 145 Å². The van der Waals surface area contributed by atoms with Crippen molar-refractivity contribution >= 4 is 23.2 Å². The van der Waals surface area contributed by atoms with Gasteiger partial charge in [0.25, 0.3) is 0 Å². The van der Waals surface area contributed by atoms with Crippen molar-refractivity contribution in [1.82, 2.24) is 10.3 Å². The summed E-state index contributed by atoms with van der Waals surface area (Å²) in [6, 6.07) is 8.37. The number of aromatic carboxylic acids is 1. The van der Waals surface area contributed by atoms with E-state index in [4.69, 9.17) is 5.11 Å². The zero-order valence-electron chi connectivity index (χ0n) is 14.1. The monoisotopic (exact) mass is 346 g/mol. The zero-order chi connectivity index (χ0) is 17.7. The van der Waals surface area contributed by atoms with Crippen molar-refractivity contribution in [2.75, 3.05) is 0 Å². The van der Waals surface area contributed by atoms with E-state index in [1.54, 1.807) is 0 Å². The van der Waals surface area contributed by atoms with E-state index < -0.39 is 5.97 Å². The number of amides is 1. The molecule has 0 radical (unpaired) electrons. The molecule has 24 heavy (non-hydrogen) atoms. The predicted octanol–water partition coefficient (Wildman–Crippen LogP) is 3.77. The molecule has 2 N–H and O–H groups in total. The molecule has 1 aromatic carbocycles. The number of carboxylic acids is 1. The van der Waals surface area contributed by atoms with E-state index in [0.29, 0.717) is 17.3 Å². The van der Waals surface area contributed by atoms with Crippen LogP contribution in [0.1, 0.15) is 65.7 Å². The van der Waals surface area contributed by atoms with E-state index in [1.807, 2.05) is 6.92 Å². The quantitative estimate of drug-likeness (QED) is 0.800. The second kappa shape index (κ2) is 8.06. The van der Waals surface area contributed by atoms with Crippen molar-refractivity contribution < 1.29 is 14.7 Å². The maximum Gasteiger partial charge on any atom is 0.355 e. The number of benzene rings is 1. The average Bonchev–Trinajstić information content (AvgIpc) is 3.02. The number of carbonyl (C=O) groups excluding carboxylic acids is 1. The summed E-state index contributed by atoms with van der Waals surface area (Å²) < 4.78 is 0. The van der Waals surface area contributed by atoms with Gasteiger partial charge in [-0.2, -0.15) is 0 Å². The number of nitrogens with one attached hydrogen (secondary N) is 1. The molecule has 6 heteroatoms. The number of thiazole rings is 1. The molecular weight excluding hydrogens is 324 g/mol. The van der Waals surface area contributed by atoms with E-state index in [1.165, 1.54) is 22.3 Å². The minimum atomic E-state index is -1.05. The van der Waals surface area contributed by atoms with Crippen LogP contribution < -0.4 is 5.32 Å². The Morgan fingerprint density at radius 3 is 2.33 bits per heavy atom. The van der Waals surface area contributed by atoms with Crippen LogP contribution in [0, 0.1) is 0 Å². The highest BCUT2D eigenvalue weighted by atomic mass is 32.1. The fourth-order valence-corrected chi connectivity index (χ4v) is 3.05. The van der Waals surface area contributed by atoms with E-state index in [0.717, 1.165) is 5.56 Å². The first kappa shape index (κ1) is 18.1. The van der Waals surface area contributed by atoms with Crippen molar-refractivity contribution in [3.8, 4) is 0 Å². The molecule has 0 bridgehead atoms. The maximum absolute atomic E-state index is 12.1. The van der Waals surface area contributed by atoms with Gasteiger partial charge in [-0.15, -0.1) is 11.3 Å². The first-order valence-electron chi connectivity index (χ1n) is 7.91. The fourth-order valence-electron chi connectivity index (χ4n) is 2.34. The molecule has 1 aromatic heterocycles. The van der Waals surface area contributed by atoms with Crippen LogP contribution in [0.15, 0.2) is 29.6 Å². The summed E-state index contributed by atoms with van der Waals surface area (Å²) in [4.78, 5) is 26.8. The molecule has 0 aliphatic rings. The third-order valence-electron chi connectivity index (χ3n) is 3.87. The van der Waals surface area contributed by atoms with Crippen molar-refractivity contribution in [3.63, 3.8) is 0 Å². The van der Waals surface area contributed by atoms with Gasteiger partial charge in [0.1, 0.15) is 5.01 Å². The van der Waals surface area contributed by atoms with Crippen LogP contribution in [0.25, 0.3) is 0 Å². The van der Waals surface area contributed by atoms with Gasteiger partial charge >= 0.3 is 5.97 Å². The van der Waals surface area contributed by atoms with Gasteiger partial charge < -0.3 is 10.4 Å². The van der Waals surface area contributed by atoms with E-state index in [2.05, 4.69) is 48.4 Å². The lowest BCUT2D eigenvalue weighted by atomic mass is 9.94. The smallest absolute Gasteiger partial charge is 0.355 e. The number of carboxylic acid groups (broad SMARTS) is 1. The summed E-state index contributed by atoms with van der Waals surface area (Å²) in [6.07, 6.45) is 0.387. The average molecular weight is 346 g/mol. The normalized spacial score (nSPS) is 12.2. The van der Waals surface area contributed by atoms with Gasteiger partial charge in [-0.25, -0.2) is 9.78 Å². The predicted molar refractivity (Wildman–Crippen MR) is 94.5 cm³/mol. The molecule has 0 spiro atoms. The van der Waals surface area contributed by atoms with Gasteiger partial charge in [0.05, 0.1) is 6.54 Å². The Balaban J connectivity index is 1.85. The molecule has 0 saturated heterocycles. The summed E-state index contributed by atoms with van der Waals surface area (Å²) in [5.74, 6) is -0.506. The Bertz CT molecular complexity index is 707. The third kappa shape index (κ3) is 4.89. The first-order valence-corrected chi connectivity index (χ1v) is 8.79.